The third-order valence-corrected chi connectivity index (χ3v) is 8.21. The second-order valence-corrected chi connectivity index (χ2v) is 13.3. The van der Waals surface area contributed by atoms with E-state index < -0.39 is 98.5 Å². The highest BCUT2D eigenvalue weighted by atomic mass is 32.7. The zero-order valence-corrected chi connectivity index (χ0v) is 25.1. The maximum absolute atomic E-state index is 13.9. The number of nitrogens with one attached hydrogen (secondary N) is 1. The Balaban J connectivity index is 2.87. The quantitative estimate of drug-likeness (QED) is 0.0761. The van der Waals surface area contributed by atoms with Crippen LogP contribution in [0.25, 0.3) is 0 Å². The highest BCUT2D eigenvalue weighted by Crippen LogP contribution is 2.64. The number of ether oxygens (including phenoxy) is 1. The van der Waals surface area contributed by atoms with E-state index in [1.54, 1.807) is 14.8 Å². The van der Waals surface area contributed by atoms with Crippen LogP contribution >= 0.6 is 19.0 Å². The molecular weight excluding hydrogens is 747 g/mol. The number of amides is 1. The molecule has 7 nitrogen and oxygen atoms in total. The molecule has 278 valence electrons. The summed E-state index contributed by atoms with van der Waals surface area (Å²) in [6.45, 7) is -4.70. The highest BCUT2D eigenvalue weighted by Gasteiger charge is 2.95. The first-order valence-electron chi connectivity index (χ1n) is 12.6. The van der Waals surface area contributed by atoms with Gasteiger partial charge in [-0.25, -0.2) is 4.57 Å². The summed E-state index contributed by atoms with van der Waals surface area (Å²) in [7, 11) is 1.75. The summed E-state index contributed by atoms with van der Waals surface area (Å²) in [5, 5.41) is 11.2. The van der Waals surface area contributed by atoms with Gasteiger partial charge in [0.25, 0.3) is 0 Å². The van der Waals surface area contributed by atoms with Gasteiger partial charge >= 0.3 is 54.4 Å². The van der Waals surface area contributed by atoms with Crippen LogP contribution in [0, 0.1) is 5.92 Å². The van der Waals surface area contributed by atoms with E-state index >= 15 is 0 Å². The standard InChI is InChI=1S/C20H24BF17NO6PS/c1-8-4-11(21)45-10(8)7-44-46(42,47)43-6-9(40)5-39-12(41)2-3-13(22,23)14(24,25)15(26,27)16(28,29)17(30,31)18(32,33)19(34,35)20(36,37)38/h8-11,40H,2-7,21H2,1H3,(H,39,41)(H,42,47)/t8?,9?,10-,11-,46?/m1/s1. The Bertz CT molecular complexity index is 1150. The van der Waals surface area contributed by atoms with Gasteiger partial charge in [0.2, 0.25) is 5.91 Å². The van der Waals surface area contributed by atoms with Crippen molar-refractivity contribution in [3.05, 3.63) is 0 Å². The number of carbonyl (C=O) groups is 1. The van der Waals surface area contributed by atoms with Gasteiger partial charge in [-0.15, -0.1) is 0 Å². The molecule has 2 N–H and O–H groups in total. The molecule has 1 heterocycles. The normalized spacial score (nSPS) is 23.0. The fourth-order valence-electron chi connectivity index (χ4n) is 3.75. The van der Waals surface area contributed by atoms with E-state index in [0.29, 0.717) is 6.42 Å². The van der Waals surface area contributed by atoms with Crippen LogP contribution in [-0.2, 0) is 23.1 Å². The van der Waals surface area contributed by atoms with Crippen molar-refractivity contribution in [3.63, 3.8) is 0 Å². The van der Waals surface area contributed by atoms with Crippen molar-refractivity contribution in [2.24, 2.45) is 5.92 Å². The van der Waals surface area contributed by atoms with Gasteiger partial charge in [-0.3, -0.25) is 13.8 Å². The average Bonchev–Trinajstić information content (AvgIpc) is 3.23. The molecule has 3 unspecified atom stereocenters. The smallest absolute Gasteiger partial charge is 0.389 e. The molecule has 0 radical (unpaired) electrons. The zero-order valence-electron chi connectivity index (χ0n) is 23.4. The van der Waals surface area contributed by atoms with Gasteiger partial charge in [-0.2, -0.15) is 74.6 Å². The molecule has 0 aromatic rings. The van der Waals surface area contributed by atoms with Crippen molar-refractivity contribution in [1.29, 1.82) is 0 Å². The molecule has 1 aliphatic heterocycles. The van der Waals surface area contributed by atoms with Crippen molar-refractivity contribution in [3.8, 4) is 0 Å². The molecule has 1 aliphatic rings. The molecule has 0 saturated carbocycles. The number of alkyl halides is 17. The molecule has 0 spiro atoms. The Kier molecular flexibility index (Phi) is 13.2. The van der Waals surface area contributed by atoms with Crippen molar-refractivity contribution >= 4 is 32.8 Å². The summed E-state index contributed by atoms with van der Waals surface area (Å²) >= 11 is 3.60. The van der Waals surface area contributed by atoms with E-state index in [2.05, 4.69) is 12.2 Å². The maximum atomic E-state index is 13.9. The largest absolute Gasteiger partial charge is 0.460 e. The molecule has 0 aromatic heterocycles. The van der Waals surface area contributed by atoms with Crippen LogP contribution in [-0.4, -0.2) is 104 Å². The van der Waals surface area contributed by atoms with E-state index in [9.17, 15) is 89.1 Å². The Labute approximate surface area is 259 Å². The fourth-order valence-corrected chi connectivity index (χ4v) is 4.93. The van der Waals surface area contributed by atoms with Gasteiger partial charge in [-0.1, -0.05) is 19.2 Å². The average molecular weight is 771 g/mol. The molecule has 47 heavy (non-hydrogen) atoms. The Hall–Kier alpha value is -1.24. The summed E-state index contributed by atoms with van der Waals surface area (Å²) in [5.41, 5.74) is 0. The number of hydrogen-bond acceptors (Lipinski definition) is 6. The lowest BCUT2D eigenvalue weighted by molar-refractivity contribution is -0.461. The van der Waals surface area contributed by atoms with Gasteiger partial charge in [0, 0.05) is 25.4 Å². The molecule has 1 saturated heterocycles. The number of aliphatic hydroxyl groups excluding tert-OH is 1. The number of rotatable bonds is 17. The van der Waals surface area contributed by atoms with Crippen LogP contribution < -0.4 is 5.32 Å². The first-order valence-corrected chi connectivity index (χ1v) is 15.3. The first-order chi connectivity index (χ1) is 20.6. The summed E-state index contributed by atoms with van der Waals surface area (Å²) in [6.07, 6.45) is -14.7. The van der Waals surface area contributed by atoms with E-state index in [-0.39, 0.29) is 18.5 Å². The fraction of sp³-hybridized carbons (Fsp3) is 0.950. The van der Waals surface area contributed by atoms with Crippen molar-refractivity contribution < 1.29 is 103 Å². The predicted octanol–water partition coefficient (Wildman–Crippen LogP) is 5.71. The Morgan fingerprint density at radius 1 is 0.872 bits per heavy atom. The van der Waals surface area contributed by atoms with E-state index in [4.69, 9.17) is 13.8 Å². The van der Waals surface area contributed by atoms with Gasteiger partial charge in [-0.05, 0) is 12.3 Å². The van der Waals surface area contributed by atoms with E-state index in [1.807, 2.05) is 0 Å². The molecule has 5 atom stereocenters. The van der Waals surface area contributed by atoms with Gasteiger partial charge in [0.15, 0.2) is 0 Å². The molecule has 1 fully saturated rings. The Morgan fingerprint density at radius 2 is 1.32 bits per heavy atom. The third-order valence-electron chi connectivity index (χ3n) is 6.57. The van der Waals surface area contributed by atoms with Crippen LogP contribution in [0.3, 0.4) is 0 Å². The molecule has 27 heteroatoms. The van der Waals surface area contributed by atoms with Crippen molar-refractivity contribution in [2.45, 2.75) is 92.0 Å². The van der Waals surface area contributed by atoms with Gasteiger partial charge < -0.3 is 15.2 Å². The van der Waals surface area contributed by atoms with Gasteiger partial charge in [0.05, 0.1) is 25.4 Å². The minimum absolute atomic E-state index is 0.0174. The van der Waals surface area contributed by atoms with E-state index in [0.717, 1.165) is 0 Å². The molecule has 0 aromatic carbocycles. The zero-order chi connectivity index (χ0) is 37.5. The van der Waals surface area contributed by atoms with Gasteiger partial charge in [0.1, 0.15) is 7.85 Å². The summed E-state index contributed by atoms with van der Waals surface area (Å²) in [4.78, 5) is 11.7. The monoisotopic (exact) mass is 771 g/mol. The van der Waals surface area contributed by atoms with E-state index in [1.165, 1.54) is 5.32 Å². The van der Waals surface area contributed by atoms with Crippen LogP contribution in [0.1, 0.15) is 26.2 Å². The third kappa shape index (κ3) is 8.74. The van der Waals surface area contributed by atoms with Crippen molar-refractivity contribution in [2.75, 3.05) is 19.8 Å². The van der Waals surface area contributed by atoms with Crippen LogP contribution in [0.5, 0.6) is 0 Å². The second-order valence-electron chi connectivity index (χ2n) is 10.4. The second kappa shape index (κ2) is 14.2. The topological polar surface area (TPSA) is 94.1 Å². The maximum Gasteiger partial charge on any atom is 0.460 e. The number of thiol groups is 1. The molecule has 0 aliphatic carbocycles. The molecule has 0 bridgehead atoms. The molecule has 1 amide bonds. The SMILES string of the molecule is B[C@H]1CC(C)[C@@H](COP(=O)(S)OCC(O)CNC(=O)CCC(F)(F)C(F)(F)C(F)(F)C(F)(F)C(F)(F)C(F)(F)C(F)(F)C(F)(F)F)O1. The number of hydrogen-bond donors (Lipinski definition) is 3. The molecule has 1 rings (SSSR count). The van der Waals surface area contributed by atoms with Crippen molar-refractivity contribution in [1.82, 2.24) is 5.32 Å². The number of carbonyl (C=O) groups excluding carboxylic acids is 1. The van der Waals surface area contributed by atoms with Crippen LogP contribution in [0.4, 0.5) is 74.6 Å². The lowest BCUT2D eigenvalue weighted by atomic mass is 9.88. The minimum atomic E-state index is -8.75. The summed E-state index contributed by atoms with van der Waals surface area (Å²) in [5.74, 6) is -59.3. The number of aliphatic hydroxyl groups is 1. The predicted molar refractivity (Wildman–Crippen MR) is 128 cm³/mol. The summed E-state index contributed by atoms with van der Waals surface area (Å²) < 4.78 is 254. The minimum Gasteiger partial charge on any atom is -0.389 e. The number of halogens is 17. The highest BCUT2D eigenvalue weighted by molar-refractivity contribution is 8.44. The lowest BCUT2D eigenvalue weighted by Gasteiger charge is -2.42. The Morgan fingerprint density at radius 3 is 1.74 bits per heavy atom. The lowest BCUT2D eigenvalue weighted by Crippen LogP contribution is -2.74. The van der Waals surface area contributed by atoms with Crippen LogP contribution in [0.15, 0.2) is 0 Å². The van der Waals surface area contributed by atoms with Crippen LogP contribution in [0.2, 0.25) is 0 Å². The first kappa shape index (κ1) is 43.8. The molecular formula is C20H24BF17NO6PS. The summed E-state index contributed by atoms with van der Waals surface area (Å²) in [6, 6.07) is -0.141.